The summed E-state index contributed by atoms with van der Waals surface area (Å²) in [6.07, 6.45) is 5.40. The Morgan fingerprint density at radius 2 is 2.15 bits per heavy atom. The van der Waals surface area contributed by atoms with Crippen LogP contribution in [0, 0.1) is 0 Å². The standard InChI is InChI=1S/C11H18O2/c1-5-7-8-11(9(3)6-2)13-10(4)12/h5-6,11H,1,7-8H2,2-4H3/b9-6+/t11-/m1/s1. The molecule has 0 aromatic carbocycles. The van der Waals surface area contributed by atoms with Crippen LogP contribution in [0.1, 0.15) is 33.6 Å². The van der Waals surface area contributed by atoms with Crippen molar-refractivity contribution in [2.75, 3.05) is 0 Å². The van der Waals surface area contributed by atoms with E-state index in [2.05, 4.69) is 6.58 Å². The number of esters is 1. The van der Waals surface area contributed by atoms with E-state index in [0.717, 1.165) is 18.4 Å². The minimum atomic E-state index is -0.227. The zero-order chi connectivity index (χ0) is 10.3. The molecule has 2 nitrogen and oxygen atoms in total. The first-order valence-electron chi connectivity index (χ1n) is 4.52. The average molecular weight is 182 g/mol. The van der Waals surface area contributed by atoms with Gasteiger partial charge in [-0.25, -0.2) is 0 Å². The van der Waals surface area contributed by atoms with E-state index < -0.39 is 0 Å². The predicted octanol–water partition coefficient (Wildman–Crippen LogP) is 2.85. The molecule has 0 heterocycles. The van der Waals surface area contributed by atoms with E-state index in [0.29, 0.717) is 0 Å². The fourth-order valence-electron chi connectivity index (χ4n) is 1.03. The fourth-order valence-corrected chi connectivity index (χ4v) is 1.03. The van der Waals surface area contributed by atoms with Crippen LogP contribution in [0.5, 0.6) is 0 Å². The van der Waals surface area contributed by atoms with Crippen molar-refractivity contribution in [3.05, 3.63) is 24.3 Å². The molecule has 0 N–H and O–H groups in total. The molecule has 0 bridgehead atoms. The molecular formula is C11H18O2. The highest BCUT2D eigenvalue weighted by Gasteiger charge is 2.11. The van der Waals surface area contributed by atoms with E-state index in [9.17, 15) is 4.79 Å². The van der Waals surface area contributed by atoms with Crippen LogP contribution >= 0.6 is 0 Å². The predicted molar refractivity (Wildman–Crippen MR) is 54.4 cm³/mol. The molecule has 2 heteroatoms. The molecule has 0 aliphatic heterocycles. The van der Waals surface area contributed by atoms with Gasteiger partial charge in [-0.15, -0.1) is 6.58 Å². The highest BCUT2D eigenvalue weighted by molar-refractivity contribution is 5.66. The third-order valence-electron chi connectivity index (χ3n) is 1.90. The Morgan fingerprint density at radius 1 is 1.54 bits per heavy atom. The van der Waals surface area contributed by atoms with Crippen molar-refractivity contribution >= 4 is 5.97 Å². The Bertz CT molecular complexity index is 204. The van der Waals surface area contributed by atoms with Crippen molar-refractivity contribution in [2.45, 2.75) is 39.7 Å². The Morgan fingerprint density at radius 3 is 2.54 bits per heavy atom. The third-order valence-corrected chi connectivity index (χ3v) is 1.90. The molecule has 0 amide bonds. The first-order chi connectivity index (χ1) is 6.11. The maximum Gasteiger partial charge on any atom is 0.303 e. The lowest BCUT2D eigenvalue weighted by Gasteiger charge is -2.16. The van der Waals surface area contributed by atoms with Crippen molar-refractivity contribution in [1.82, 2.24) is 0 Å². The molecule has 0 aliphatic carbocycles. The fraction of sp³-hybridized carbons (Fsp3) is 0.545. The van der Waals surface area contributed by atoms with E-state index in [-0.39, 0.29) is 12.1 Å². The molecule has 0 unspecified atom stereocenters. The number of carbonyl (C=O) groups excluding carboxylic acids is 1. The first kappa shape index (κ1) is 11.9. The van der Waals surface area contributed by atoms with Crippen molar-refractivity contribution in [2.24, 2.45) is 0 Å². The lowest BCUT2D eigenvalue weighted by molar-refractivity contribution is -0.144. The molecule has 13 heavy (non-hydrogen) atoms. The largest absolute Gasteiger partial charge is 0.458 e. The van der Waals surface area contributed by atoms with Crippen LogP contribution in [-0.2, 0) is 9.53 Å². The third kappa shape index (κ3) is 5.23. The summed E-state index contributed by atoms with van der Waals surface area (Å²) >= 11 is 0. The number of allylic oxidation sites excluding steroid dienone is 2. The summed E-state index contributed by atoms with van der Waals surface area (Å²) in [4.78, 5) is 10.8. The van der Waals surface area contributed by atoms with Gasteiger partial charge in [0, 0.05) is 6.92 Å². The van der Waals surface area contributed by atoms with Crippen LogP contribution in [0.15, 0.2) is 24.3 Å². The smallest absolute Gasteiger partial charge is 0.303 e. The van der Waals surface area contributed by atoms with Crippen molar-refractivity contribution < 1.29 is 9.53 Å². The van der Waals surface area contributed by atoms with Gasteiger partial charge >= 0.3 is 5.97 Å². The van der Waals surface area contributed by atoms with E-state index in [1.807, 2.05) is 26.0 Å². The summed E-state index contributed by atoms with van der Waals surface area (Å²) in [5, 5.41) is 0. The lowest BCUT2D eigenvalue weighted by Crippen LogP contribution is -2.17. The van der Waals surface area contributed by atoms with Gasteiger partial charge < -0.3 is 4.74 Å². The van der Waals surface area contributed by atoms with E-state index in [4.69, 9.17) is 4.74 Å². The van der Waals surface area contributed by atoms with E-state index >= 15 is 0 Å². The number of hydrogen-bond donors (Lipinski definition) is 0. The zero-order valence-electron chi connectivity index (χ0n) is 8.67. The highest BCUT2D eigenvalue weighted by atomic mass is 16.5. The number of hydrogen-bond acceptors (Lipinski definition) is 2. The summed E-state index contributed by atoms with van der Waals surface area (Å²) in [7, 11) is 0. The van der Waals surface area contributed by atoms with Crippen molar-refractivity contribution in [3.63, 3.8) is 0 Å². The van der Waals surface area contributed by atoms with Gasteiger partial charge in [0.05, 0.1) is 0 Å². The number of rotatable bonds is 5. The van der Waals surface area contributed by atoms with Crippen LogP contribution in [0.3, 0.4) is 0 Å². The number of carbonyl (C=O) groups is 1. The average Bonchev–Trinajstić information content (AvgIpc) is 2.10. The molecule has 0 radical (unpaired) electrons. The van der Waals surface area contributed by atoms with Crippen LogP contribution in [0.2, 0.25) is 0 Å². The monoisotopic (exact) mass is 182 g/mol. The van der Waals surface area contributed by atoms with Crippen LogP contribution < -0.4 is 0 Å². The highest BCUT2D eigenvalue weighted by Crippen LogP contribution is 2.13. The van der Waals surface area contributed by atoms with Crippen LogP contribution in [-0.4, -0.2) is 12.1 Å². The molecule has 0 spiro atoms. The molecule has 1 atom stereocenters. The van der Waals surface area contributed by atoms with E-state index in [1.54, 1.807) is 0 Å². The van der Waals surface area contributed by atoms with Gasteiger partial charge in [0.25, 0.3) is 0 Å². The van der Waals surface area contributed by atoms with Gasteiger partial charge in [-0.05, 0) is 32.3 Å². The molecule has 0 aromatic rings. The maximum absolute atomic E-state index is 10.8. The minimum Gasteiger partial charge on any atom is -0.458 e. The van der Waals surface area contributed by atoms with Crippen molar-refractivity contribution in [3.8, 4) is 0 Å². The van der Waals surface area contributed by atoms with Crippen molar-refractivity contribution in [1.29, 1.82) is 0 Å². The summed E-state index contributed by atoms with van der Waals surface area (Å²) in [6, 6.07) is 0. The zero-order valence-corrected chi connectivity index (χ0v) is 8.67. The topological polar surface area (TPSA) is 26.3 Å². The second kappa shape index (κ2) is 6.46. The number of ether oxygens (including phenoxy) is 1. The Balaban J connectivity index is 4.18. The van der Waals surface area contributed by atoms with Gasteiger partial charge in [0.15, 0.2) is 0 Å². The molecule has 0 rings (SSSR count). The summed E-state index contributed by atoms with van der Waals surface area (Å²) in [5.74, 6) is -0.227. The van der Waals surface area contributed by atoms with Gasteiger partial charge in [-0.3, -0.25) is 4.79 Å². The van der Waals surface area contributed by atoms with Gasteiger partial charge in [-0.2, -0.15) is 0 Å². The molecule has 0 aromatic heterocycles. The van der Waals surface area contributed by atoms with Gasteiger partial charge in [0.1, 0.15) is 6.10 Å². The molecule has 74 valence electrons. The summed E-state index contributed by atoms with van der Waals surface area (Å²) < 4.78 is 5.15. The van der Waals surface area contributed by atoms with Crippen LogP contribution in [0.25, 0.3) is 0 Å². The second-order valence-electron chi connectivity index (χ2n) is 3.00. The molecule has 0 aliphatic rings. The Hall–Kier alpha value is -1.05. The molecule has 0 saturated carbocycles. The van der Waals surface area contributed by atoms with Gasteiger partial charge in [-0.1, -0.05) is 12.2 Å². The maximum atomic E-state index is 10.8. The quantitative estimate of drug-likeness (QED) is 0.482. The minimum absolute atomic E-state index is 0.0829. The summed E-state index contributed by atoms with van der Waals surface area (Å²) in [6.45, 7) is 8.98. The molecular weight excluding hydrogens is 164 g/mol. The van der Waals surface area contributed by atoms with E-state index in [1.165, 1.54) is 6.92 Å². The first-order valence-corrected chi connectivity index (χ1v) is 4.52. The van der Waals surface area contributed by atoms with Gasteiger partial charge in [0.2, 0.25) is 0 Å². The second-order valence-corrected chi connectivity index (χ2v) is 3.00. The van der Waals surface area contributed by atoms with Crippen LogP contribution in [0.4, 0.5) is 0 Å². The normalized spacial score (nSPS) is 13.6. The Labute approximate surface area is 80.3 Å². The Kier molecular flexibility index (Phi) is 5.94. The molecule has 0 fully saturated rings. The molecule has 0 saturated heterocycles. The summed E-state index contributed by atoms with van der Waals surface area (Å²) in [5.41, 5.74) is 1.09. The lowest BCUT2D eigenvalue weighted by atomic mass is 10.1. The SMILES string of the molecule is C=CCC[C@@H](OC(C)=O)/C(C)=C/C.